The number of anilines is 1. The van der Waals surface area contributed by atoms with Crippen molar-refractivity contribution in [3.63, 3.8) is 0 Å². The van der Waals surface area contributed by atoms with Gasteiger partial charge in [-0.05, 0) is 0 Å². The molecule has 8 nitrogen and oxygen atoms in total. The Balaban J connectivity index is 2.22. The molecular weight excluding hydrogens is 228 g/mol. The Hall–Kier alpha value is -1.64. The Morgan fingerprint density at radius 2 is 2.41 bits per heavy atom. The second-order valence-corrected chi connectivity index (χ2v) is 3.86. The summed E-state index contributed by atoms with van der Waals surface area (Å²) in [7, 11) is 0. The van der Waals surface area contributed by atoms with E-state index >= 15 is 0 Å². The molecule has 8 heteroatoms. The summed E-state index contributed by atoms with van der Waals surface area (Å²) in [4.78, 5) is 14.7. The first-order valence-corrected chi connectivity index (χ1v) is 5.11. The molecule has 0 aromatic carbocycles. The van der Waals surface area contributed by atoms with Crippen LogP contribution in [0, 0.1) is 0 Å². The van der Waals surface area contributed by atoms with E-state index in [4.69, 9.17) is 21.3 Å². The molecule has 0 radical (unpaired) electrons. The SMILES string of the molecule is NC(=O)c1ncn(C2CC(O)C(CO)O2)c1N. The number of carbonyl (C=O) groups is 1. The zero-order valence-corrected chi connectivity index (χ0v) is 8.98. The minimum absolute atomic E-state index is 0.0319. The second-order valence-electron chi connectivity index (χ2n) is 3.86. The van der Waals surface area contributed by atoms with Crippen LogP contribution in [-0.2, 0) is 4.74 Å². The maximum Gasteiger partial charge on any atom is 0.271 e. The third-order valence-corrected chi connectivity index (χ3v) is 2.76. The van der Waals surface area contributed by atoms with Crippen LogP contribution in [0.25, 0.3) is 0 Å². The molecule has 94 valence electrons. The lowest BCUT2D eigenvalue weighted by Gasteiger charge is -2.14. The Bertz CT molecular complexity index is 433. The Morgan fingerprint density at radius 1 is 1.71 bits per heavy atom. The van der Waals surface area contributed by atoms with Crippen LogP contribution in [0.5, 0.6) is 0 Å². The highest BCUT2D eigenvalue weighted by atomic mass is 16.5. The number of nitrogen functional groups attached to an aromatic ring is 1. The van der Waals surface area contributed by atoms with Gasteiger partial charge in [-0.1, -0.05) is 0 Å². The van der Waals surface area contributed by atoms with E-state index in [1.54, 1.807) is 0 Å². The monoisotopic (exact) mass is 242 g/mol. The molecule has 0 spiro atoms. The predicted molar refractivity (Wildman–Crippen MR) is 56.8 cm³/mol. The summed E-state index contributed by atoms with van der Waals surface area (Å²) < 4.78 is 6.79. The van der Waals surface area contributed by atoms with Crippen LogP contribution in [0.4, 0.5) is 5.82 Å². The van der Waals surface area contributed by atoms with Gasteiger partial charge in [-0.2, -0.15) is 0 Å². The van der Waals surface area contributed by atoms with Crippen molar-refractivity contribution >= 4 is 11.7 Å². The number of carbonyl (C=O) groups excluding carboxylic acids is 1. The van der Waals surface area contributed by atoms with Crippen LogP contribution in [0.15, 0.2) is 6.33 Å². The molecule has 1 aliphatic heterocycles. The van der Waals surface area contributed by atoms with Crippen molar-refractivity contribution in [1.82, 2.24) is 9.55 Å². The fourth-order valence-corrected chi connectivity index (χ4v) is 1.84. The number of nitrogens with two attached hydrogens (primary N) is 2. The molecule has 1 aromatic rings. The van der Waals surface area contributed by atoms with Crippen LogP contribution < -0.4 is 11.5 Å². The Morgan fingerprint density at radius 3 is 2.88 bits per heavy atom. The molecule has 6 N–H and O–H groups in total. The molecule has 2 rings (SSSR count). The van der Waals surface area contributed by atoms with E-state index in [0.717, 1.165) is 0 Å². The molecule has 3 atom stereocenters. The van der Waals surface area contributed by atoms with Crippen LogP contribution in [-0.4, -0.2) is 44.5 Å². The van der Waals surface area contributed by atoms with E-state index in [9.17, 15) is 9.90 Å². The van der Waals surface area contributed by atoms with E-state index in [1.807, 2.05) is 0 Å². The molecule has 0 bridgehead atoms. The Labute approximate surface area is 96.8 Å². The largest absolute Gasteiger partial charge is 0.394 e. The molecule has 1 saturated heterocycles. The average Bonchev–Trinajstić information content (AvgIpc) is 2.81. The number of imidazole rings is 1. The smallest absolute Gasteiger partial charge is 0.271 e. The molecule has 0 saturated carbocycles. The van der Waals surface area contributed by atoms with Gasteiger partial charge in [-0.25, -0.2) is 4.98 Å². The van der Waals surface area contributed by atoms with E-state index in [0.29, 0.717) is 0 Å². The van der Waals surface area contributed by atoms with Gasteiger partial charge in [0.15, 0.2) is 5.69 Å². The number of aliphatic hydroxyl groups excluding tert-OH is 2. The molecule has 1 amide bonds. The first-order valence-electron chi connectivity index (χ1n) is 5.11. The normalized spacial score (nSPS) is 28.5. The highest BCUT2D eigenvalue weighted by molar-refractivity contribution is 5.95. The molecule has 0 aliphatic carbocycles. The number of primary amides is 1. The van der Waals surface area contributed by atoms with Gasteiger partial charge >= 0.3 is 0 Å². The number of ether oxygens (including phenoxy) is 1. The number of amides is 1. The first kappa shape index (κ1) is 11.8. The maximum atomic E-state index is 11.0. The van der Waals surface area contributed by atoms with Crippen LogP contribution >= 0.6 is 0 Å². The zero-order chi connectivity index (χ0) is 12.6. The summed E-state index contributed by atoms with van der Waals surface area (Å²) in [6, 6.07) is 0. The van der Waals surface area contributed by atoms with E-state index in [2.05, 4.69) is 4.98 Å². The van der Waals surface area contributed by atoms with Crippen molar-refractivity contribution in [2.45, 2.75) is 24.9 Å². The summed E-state index contributed by atoms with van der Waals surface area (Å²) >= 11 is 0. The van der Waals surface area contributed by atoms with Crippen molar-refractivity contribution in [2.24, 2.45) is 5.73 Å². The van der Waals surface area contributed by atoms with Gasteiger partial charge in [-0.15, -0.1) is 0 Å². The fourth-order valence-electron chi connectivity index (χ4n) is 1.84. The molecule has 1 aromatic heterocycles. The first-order chi connectivity index (χ1) is 8.04. The van der Waals surface area contributed by atoms with Gasteiger partial charge < -0.3 is 26.4 Å². The van der Waals surface area contributed by atoms with Gasteiger partial charge in [0.05, 0.1) is 19.0 Å². The number of hydrogen-bond acceptors (Lipinski definition) is 6. The van der Waals surface area contributed by atoms with Gasteiger partial charge in [0.1, 0.15) is 18.1 Å². The Kier molecular flexibility index (Phi) is 3.01. The quantitative estimate of drug-likeness (QED) is 0.494. The summed E-state index contributed by atoms with van der Waals surface area (Å²) in [6.07, 6.45) is -0.387. The predicted octanol–water partition coefficient (Wildman–Crippen LogP) is -1.80. The van der Waals surface area contributed by atoms with Gasteiger partial charge in [-0.3, -0.25) is 9.36 Å². The number of rotatable bonds is 3. The molecule has 17 heavy (non-hydrogen) atoms. The van der Waals surface area contributed by atoms with Crippen molar-refractivity contribution in [3.05, 3.63) is 12.0 Å². The number of nitrogens with zero attached hydrogens (tertiary/aromatic N) is 2. The lowest BCUT2D eigenvalue weighted by molar-refractivity contribution is -0.0436. The molecule has 2 heterocycles. The maximum absolute atomic E-state index is 11.0. The van der Waals surface area contributed by atoms with E-state index in [-0.39, 0.29) is 24.5 Å². The number of aromatic nitrogens is 2. The van der Waals surface area contributed by atoms with Crippen molar-refractivity contribution < 1.29 is 19.7 Å². The molecule has 1 aliphatic rings. The highest BCUT2D eigenvalue weighted by Crippen LogP contribution is 2.30. The van der Waals surface area contributed by atoms with Gasteiger partial charge in [0.2, 0.25) is 0 Å². The summed E-state index contributed by atoms with van der Waals surface area (Å²) in [5.74, 6) is -0.633. The lowest BCUT2D eigenvalue weighted by atomic mass is 10.2. The average molecular weight is 242 g/mol. The van der Waals surface area contributed by atoms with E-state index < -0.39 is 24.3 Å². The van der Waals surface area contributed by atoms with Gasteiger partial charge in [0, 0.05) is 6.42 Å². The second kappa shape index (κ2) is 4.32. The van der Waals surface area contributed by atoms with Crippen LogP contribution in [0.3, 0.4) is 0 Å². The van der Waals surface area contributed by atoms with E-state index in [1.165, 1.54) is 10.9 Å². The zero-order valence-electron chi connectivity index (χ0n) is 8.98. The summed E-state index contributed by atoms with van der Waals surface area (Å²) in [5.41, 5.74) is 10.7. The molecule has 1 fully saturated rings. The van der Waals surface area contributed by atoms with Crippen molar-refractivity contribution in [2.75, 3.05) is 12.3 Å². The highest BCUT2D eigenvalue weighted by Gasteiger charge is 2.35. The van der Waals surface area contributed by atoms with Crippen LogP contribution in [0.2, 0.25) is 0 Å². The number of hydrogen-bond donors (Lipinski definition) is 4. The summed E-state index contributed by atoms with van der Waals surface area (Å²) in [5, 5.41) is 18.5. The minimum Gasteiger partial charge on any atom is -0.394 e. The fraction of sp³-hybridized carbons (Fsp3) is 0.556. The van der Waals surface area contributed by atoms with Crippen LogP contribution in [0.1, 0.15) is 23.1 Å². The standard InChI is InChI=1S/C9H14N4O4/c10-8-7(9(11)16)12-3-13(8)6-1-4(15)5(2-14)17-6/h3-6,14-15H,1-2,10H2,(H2,11,16). The van der Waals surface area contributed by atoms with Crippen molar-refractivity contribution in [3.8, 4) is 0 Å². The van der Waals surface area contributed by atoms with Crippen molar-refractivity contribution in [1.29, 1.82) is 0 Å². The molecular formula is C9H14N4O4. The minimum atomic E-state index is -0.774. The third kappa shape index (κ3) is 1.97. The molecule has 3 unspecified atom stereocenters. The summed E-state index contributed by atoms with van der Waals surface area (Å²) in [6.45, 7) is -0.283. The third-order valence-electron chi connectivity index (χ3n) is 2.76. The topological polar surface area (TPSA) is 137 Å². The number of aliphatic hydroxyl groups is 2. The van der Waals surface area contributed by atoms with Gasteiger partial charge in [0.25, 0.3) is 5.91 Å². The lowest BCUT2D eigenvalue weighted by Crippen LogP contribution is -2.24.